The van der Waals surface area contributed by atoms with E-state index >= 15 is 0 Å². The van der Waals surface area contributed by atoms with Crippen LogP contribution < -0.4 is 10.2 Å². The number of aromatic nitrogens is 2. The number of rotatable bonds is 4. The summed E-state index contributed by atoms with van der Waals surface area (Å²) in [5, 5.41) is 3.84. The van der Waals surface area contributed by atoms with Crippen molar-refractivity contribution < 1.29 is 4.79 Å². The van der Waals surface area contributed by atoms with E-state index in [0.29, 0.717) is 28.8 Å². The van der Waals surface area contributed by atoms with Gasteiger partial charge in [-0.2, -0.15) is 0 Å². The van der Waals surface area contributed by atoms with Crippen LogP contribution in [-0.2, 0) is 4.79 Å². The molecule has 1 aromatic heterocycles. The smallest absolute Gasteiger partial charge is 0.231 e. The number of nitrogens with zero attached hydrogens (tertiary/aromatic N) is 3. The Hall–Kier alpha value is -2.63. The lowest BCUT2D eigenvalue weighted by atomic mass is 9.99. The van der Waals surface area contributed by atoms with E-state index in [1.165, 1.54) is 0 Å². The Morgan fingerprint density at radius 3 is 2.59 bits per heavy atom. The largest absolute Gasteiger partial charge is 0.355 e. The van der Waals surface area contributed by atoms with Gasteiger partial charge in [0, 0.05) is 29.7 Å². The lowest BCUT2D eigenvalue weighted by molar-refractivity contribution is -0.120. The lowest BCUT2D eigenvalue weighted by Crippen LogP contribution is -2.52. The quantitative estimate of drug-likeness (QED) is 0.701. The van der Waals surface area contributed by atoms with E-state index in [9.17, 15) is 4.79 Å². The number of carbonyl (C=O) groups is 1. The summed E-state index contributed by atoms with van der Waals surface area (Å²) in [5.74, 6) is 0.608. The van der Waals surface area contributed by atoms with Crippen molar-refractivity contribution in [3.8, 4) is 11.3 Å². The third kappa shape index (κ3) is 3.89. The van der Waals surface area contributed by atoms with Crippen LogP contribution in [0.15, 0.2) is 60.9 Å². The van der Waals surface area contributed by atoms with Gasteiger partial charge in [0.1, 0.15) is 12.1 Å². The molecule has 0 unspecified atom stereocenters. The molecule has 136 valence electrons. The Balaban J connectivity index is 1.41. The van der Waals surface area contributed by atoms with Crippen molar-refractivity contribution in [2.45, 2.75) is 0 Å². The van der Waals surface area contributed by atoms with Crippen molar-refractivity contribution in [1.29, 1.82) is 0 Å². The highest BCUT2D eigenvalue weighted by Gasteiger charge is 2.34. The van der Waals surface area contributed by atoms with Gasteiger partial charge in [-0.3, -0.25) is 4.79 Å². The molecule has 2 aromatic carbocycles. The molecule has 1 N–H and O–H groups in total. The molecule has 1 amide bonds. The van der Waals surface area contributed by atoms with Gasteiger partial charge < -0.3 is 10.2 Å². The minimum absolute atomic E-state index is 0.0762. The van der Waals surface area contributed by atoms with Crippen LogP contribution in [0.5, 0.6) is 0 Å². The molecule has 1 aliphatic heterocycles. The van der Waals surface area contributed by atoms with E-state index in [0.717, 1.165) is 17.1 Å². The summed E-state index contributed by atoms with van der Waals surface area (Å²) in [4.78, 5) is 23.2. The van der Waals surface area contributed by atoms with Crippen LogP contribution in [0.4, 0.5) is 11.5 Å². The minimum Gasteiger partial charge on any atom is -0.355 e. The monoisotopic (exact) mass is 398 g/mol. The summed E-state index contributed by atoms with van der Waals surface area (Å²) >= 11 is 12.1. The Morgan fingerprint density at radius 1 is 1.04 bits per heavy atom. The molecule has 27 heavy (non-hydrogen) atoms. The van der Waals surface area contributed by atoms with Gasteiger partial charge >= 0.3 is 0 Å². The number of carbonyl (C=O) groups excluding carboxylic acids is 1. The van der Waals surface area contributed by atoms with Gasteiger partial charge in [-0.25, -0.2) is 9.97 Å². The summed E-state index contributed by atoms with van der Waals surface area (Å²) < 4.78 is 0. The van der Waals surface area contributed by atoms with Gasteiger partial charge in [-0.05, 0) is 18.2 Å². The SMILES string of the molecule is O=C(Nc1cc(Cl)ccc1Cl)C1CN(c2cc(-c3ccccc3)ncn2)C1. The molecular formula is C20H16Cl2N4O. The molecule has 0 bridgehead atoms. The van der Waals surface area contributed by atoms with E-state index in [1.807, 2.05) is 36.4 Å². The predicted octanol–water partition coefficient (Wildman–Crippen LogP) is 4.53. The second-order valence-corrected chi connectivity index (χ2v) is 7.19. The van der Waals surface area contributed by atoms with E-state index in [1.54, 1.807) is 24.5 Å². The molecule has 0 spiro atoms. The first kappa shape index (κ1) is 17.8. The topological polar surface area (TPSA) is 58.1 Å². The zero-order valence-electron chi connectivity index (χ0n) is 14.3. The van der Waals surface area contributed by atoms with Crippen molar-refractivity contribution >= 4 is 40.6 Å². The van der Waals surface area contributed by atoms with Crippen LogP contribution in [0.25, 0.3) is 11.3 Å². The summed E-state index contributed by atoms with van der Waals surface area (Å²) in [6, 6.07) is 16.9. The highest BCUT2D eigenvalue weighted by Crippen LogP contribution is 2.29. The minimum atomic E-state index is -0.129. The molecule has 5 nitrogen and oxygen atoms in total. The number of hydrogen-bond donors (Lipinski definition) is 1. The van der Waals surface area contributed by atoms with Crippen LogP contribution in [0.3, 0.4) is 0 Å². The highest BCUT2D eigenvalue weighted by atomic mass is 35.5. The van der Waals surface area contributed by atoms with Crippen LogP contribution in [-0.4, -0.2) is 29.0 Å². The molecule has 0 radical (unpaired) electrons. The molecule has 3 aromatic rings. The number of nitrogens with one attached hydrogen (secondary N) is 1. The second kappa shape index (κ2) is 7.55. The molecule has 0 saturated carbocycles. The maximum atomic E-state index is 12.5. The van der Waals surface area contributed by atoms with Crippen LogP contribution in [0, 0.1) is 5.92 Å². The standard InChI is InChI=1S/C20H16Cl2N4O/c21-15-6-7-16(22)18(8-15)25-20(27)14-10-26(11-14)19-9-17(23-12-24-19)13-4-2-1-3-5-13/h1-9,12,14H,10-11H2,(H,25,27). The van der Waals surface area contributed by atoms with Crippen LogP contribution >= 0.6 is 23.2 Å². The van der Waals surface area contributed by atoms with Crippen molar-refractivity contribution in [3.63, 3.8) is 0 Å². The first-order valence-electron chi connectivity index (χ1n) is 8.48. The molecule has 7 heteroatoms. The fourth-order valence-corrected chi connectivity index (χ4v) is 3.28. The molecule has 4 rings (SSSR count). The van der Waals surface area contributed by atoms with Crippen molar-refractivity contribution in [3.05, 3.63) is 71.0 Å². The van der Waals surface area contributed by atoms with Gasteiger partial charge in [-0.15, -0.1) is 0 Å². The second-order valence-electron chi connectivity index (χ2n) is 6.34. The zero-order chi connectivity index (χ0) is 18.8. The first-order chi connectivity index (χ1) is 13.1. The number of amides is 1. The maximum absolute atomic E-state index is 12.5. The Bertz CT molecular complexity index is 975. The van der Waals surface area contributed by atoms with Gasteiger partial charge in [0.15, 0.2) is 0 Å². The van der Waals surface area contributed by atoms with Gasteiger partial charge in [0.25, 0.3) is 0 Å². The molecular weight excluding hydrogens is 383 g/mol. The lowest BCUT2D eigenvalue weighted by Gasteiger charge is -2.39. The number of halogens is 2. The fourth-order valence-electron chi connectivity index (χ4n) is 2.95. The van der Waals surface area contributed by atoms with E-state index in [2.05, 4.69) is 20.2 Å². The van der Waals surface area contributed by atoms with Crippen molar-refractivity contribution in [2.24, 2.45) is 5.92 Å². The Morgan fingerprint density at radius 2 is 1.81 bits per heavy atom. The zero-order valence-corrected chi connectivity index (χ0v) is 15.8. The van der Waals surface area contributed by atoms with Gasteiger partial charge in [0.2, 0.25) is 5.91 Å². The average molecular weight is 399 g/mol. The highest BCUT2D eigenvalue weighted by molar-refractivity contribution is 6.35. The Labute approximate surface area is 167 Å². The van der Waals surface area contributed by atoms with Gasteiger partial charge in [0.05, 0.1) is 22.3 Å². The van der Waals surface area contributed by atoms with Crippen molar-refractivity contribution in [2.75, 3.05) is 23.3 Å². The van der Waals surface area contributed by atoms with Crippen LogP contribution in [0.1, 0.15) is 0 Å². The normalized spacial score (nSPS) is 13.9. The molecule has 1 fully saturated rings. The number of benzene rings is 2. The summed E-state index contributed by atoms with van der Waals surface area (Å²) in [7, 11) is 0. The molecule has 0 aliphatic carbocycles. The fraction of sp³-hybridized carbons (Fsp3) is 0.150. The van der Waals surface area contributed by atoms with E-state index in [4.69, 9.17) is 23.2 Å². The molecule has 0 atom stereocenters. The predicted molar refractivity (Wildman–Crippen MR) is 108 cm³/mol. The summed E-state index contributed by atoms with van der Waals surface area (Å²) in [5.41, 5.74) is 2.42. The van der Waals surface area contributed by atoms with E-state index in [-0.39, 0.29) is 11.8 Å². The van der Waals surface area contributed by atoms with Crippen molar-refractivity contribution in [1.82, 2.24) is 9.97 Å². The summed E-state index contributed by atoms with van der Waals surface area (Å²) in [6.07, 6.45) is 1.55. The van der Waals surface area contributed by atoms with Crippen LogP contribution in [0.2, 0.25) is 10.0 Å². The average Bonchev–Trinajstić information content (AvgIpc) is 2.64. The third-order valence-electron chi connectivity index (χ3n) is 4.48. The Kier molecular flexibility index (Phi) is 4.97. The van der Waals surface area contributed by atoms with Gasteiger partial charge in [-0.1, -0.05) is 53.5 Å². The maximum Gasteiger partial charge on any atom is 0.231 e. The number of anilines is 2. The molecule has 2 heterocycles. The number of hydrogen-bond acceptors (Lipinski definition) is 4. The molecule has 1 aliphatic rings. The third-order valence-corrected chi connectivity index (χ3v) is 5.05. The molecule has 1 saturated heterocycles. The summed E-state index contributed by atoms with van der Waals surface area (Å²) in [6.45, 7) is 1.19. The van der Waals surface area contributed by atoms with E-state index < -0.39 is 0 Å². The first-order valence-corrected chi connectivity index (χ1v) is 9.24.